The lowest BCUT2D eigenvalue weighted by Crippen LogP contribution is -2.20. The van der Waals surface area contributed by atoms with Crippen molar-refractivity contribution in [1.82, 2.24) is 4.98 Å². The van der Waals surface area contributed by atoms with Gasteiger partial charge in [0.25, 0.3) is 11.8 Å². The molecule has 0 radical (unpaired) electrons. The Balaban J connectivity index is 1.52. The lowest BCUT2D eigenvalue weighted by molar-refractivity contribution is -0.119. The number of aromatic nitrogens is 1. The smallest absolute Gasteiger partial charge is 0.257 e. The predicted octanol–water partition coefficient (Wildman–Crippen LogP) is 4.87. The zero-order valence-electron chi connectivity index (χ0n) is 17.3. The summed E-state index contributed by atoms with van der Waals surface area (Å²) in [5, 5.41) is 3.28. The minimum absolute atomic E-state index is 0.104. The molecule has 0 bridgehead atoms. The first-order valence-electron chi connectivity index (χ1n) is 9.66. The number of hydrogen-bond acceptors (Lipinski definition) is 7. The second-order valence-corrected chi connectivity index (χ2v) is 8.20. The molecule has 8 nitrogen and oxygen atoms in total. The molecule has 0 spiro atoms. The number of thiazole rings is 1. The molecule has 4 aromatic rings. The highest BCUT2D eigenvalue weighted by atomic mass is 35.5. The van der Waals surface area contributed by atoms with Gasteiger partial charge in [-0.3, -0.25) is 14.9 Å². The Kier molecular flexibility index (Phi) is 6.62. The summed E-state index contributed by atoms with van der Waals surface area (Å²) in [4.78, 5) is 28.2. The summed E-state index contributed by atoms with van der Waals surface area (Å²) < 4.78 is 17.2. The number of nitrogens with zero attached hydrogens (tertiary/aromatic N) is 1. The van der Waals surface area contributed by atoms with Gasteiger partial charge in [-0.2, -0.15) is 0 Å². The minimum Gasteiger partial charge on any atom is -0.493 e. The summed E-state index contributed by atoms with van der Waals surface area (Å²) in [5.74, 6) is 0.614. The maximum atomic E-state index is 12.8. The highest BCUT2D eigenvalue weighted by Crippen LogP contribution is 2.37. The fourth-order valence-electron chi connectivity index (χ4n) is 2.95. The molecule has 2 amide bonds. The van der Waals surface area contributed by atoms with Gasteiger partial charge in [-0.05, 0) is 36.4 Å². The summed E-state index contributed by atoms with van der Waals surface area (Å²) in [6.45, 7) is -0.372. The monoisotopic (exact) mass is 483 g/mol. The molecule has 0 saturated carbocycles. The standard InChI is InChI=1S/C23H18ClN3O5S/c1-30-18-10-13(9-16(24)21(18)31-12-20(25)28)22(29)27-23-26-17-8-7-15(11-19(17)33-23)32-14-5-3-2-4-6-14/h2-11H,12H2,1H3,(H2,25,28)(H,26,27,29). The van der Waals surface area contributed by atoms with E-state index < -0.39 is 11.8 Å². The molecule has 0 atom stereocenters. The van der Waals surface area contributed by atoms with Crippen LogP contribution in [0.1, 0.15) is 10.4 Å². The summed E-state index contributed by atoms with van der Waals surface area (Å²) in [5.41, 5.74) is 6.06. The number of hydrogen-bond donors (Lipinski definition) is 2. The molecule has 0 fully saturated rings. The van der Waals surface area contributed by atoms with Gasteiger partial charge in [-0.1, -0.05) is 41.1 Å². The molecule has 1 heterocycles. The van der Waals surface area contributed by atoms with E-state index in [0.29, 0.717) is 10.9 Å². The van der Waals surface area contributed by atoms with Crippen LogP contribution < -0.4 is 25.3 Å². The molecular weight excluding hydrogens is 466 g/mol. The molecule has 0 aliphatic heterocycles. The molecule has 1 aromatic heterocycles. The van der Waals surface area contributed by atoms with E-state index in [0.717, 1.165) is 16.0 Å². The van der Waals surface area contributed by atoms with E-state index in [1.54, 1.807) is 0 Å². The Hall–Kier alpha value is -3.82. The summed E-state index contributed by atoms with van der Waals surface area (Å²) in [6.07, 6.45) is 0. The van der Waals surface area contributed by atoms with Crippen LogP contribution in [-0.2, 0) is 4.79 Å². The normalized spacial score (nSPS) is 10.6. The molecule has 3 aromatic carbocycles. The van der Waals surface area contributed by atoms with E-state index in [-0.39, 0.29) is 28.7 Å². The lowest BCUT2D eigenvalue weighted by atomic mass is 10.2. The van der Waals surface area contributed by atoms with Crippen LogP contribution in [0.2, 0.25) is 5.02 Å². The van der Waals surface area contributed by atoms with Gasteiger partial charge in [-0.25, -0.2) is 4.98 Å². The van der Waals surface area contributed by atoms with Crippen molar-refractivity contribution >= 4 is 50.1 Å². The number of nitrogens with one attached hydrogen (secondary N) is 1. The Morgan fingerprint density at radius 2 is 1.88 bits per heavy atom. The number of benzene rings is 3. The van der Waals surface area contributed by atoms with Gasteiger partial charge in [0.05, 0.1) is 22.3 Å². The molecular formula is C23H18ClN3O5S. The maximum absolute atomic E-state index is 12.8. The first kappa shape index (κ1) is 22.4. The van der Waals surface area contributed by atoms with Crippen molar-refractivity contribution in [2.24, 2.45) is 5.73 Å². The van der Waals surface area contributed by atoms with Crippen molar-refractivity contribution in [3.05, 3.63) is 71.2 Å². The largest absolute Gasteiger partial charge is 0.493 e. The van der Waals surface area contributed by atoms with Crippen LogP contribution >= 0.6 is 22.9 Å². The Labute approximate surface area is 197 Å². The van der Waals surface area contributed by atoms with Crippen LogP contribution in [-0.4, -0.2) is 30.5 Å². The number of ether oxygens (including phenoxy) is 3. The predicted molar refractivity (Wildman–Crippen MR) is 127 cm³/mol. The van der Waals surface area contributed by atoms with Gasteiger partial charge in [0.1, 0.15) is 11.5 Å². The molecule has 33 heavy (non-hydrogen) atoms. The molecule has 0 unspecified atom stereocenters. The third kappa shape index (κ3) is 5.33. The summed E-state index contributed by atoms with van der Waals surface area (Å²) in [6, 6.07) is 17.8. The molecule has 0 aliphatic carbocycles. The number of anilines is 1. The van der Waals surface area contributed by atoms with E-state index >= 15 is 0 Å². The molecule has 168 valence electrons. The topological polar surface area (TPSA) is 113 Å². The first-order chi connectivity index (χ1) is 15.9. The van der Waals surface area contributed by atoms with Gasteiger partial charge in [0.2, 0.25) is 0 Å². The minimum atomic E-state index is -0.664. The van der Waals surface area contributed by atoms with E-state index in [9.17, 15) is 9.59 Å². The van der Waals surface area contributed by atoms with Crippen LogP contribution in [0.25, 0.3) is 10.2 Å². The van der Waals surface area contributed by atoms with Gasteiger partial charge >= 0.3 is 0 Å². The quantitative estimate of drug-likeness (QED) is 0.370. The van der Waals surface area contributed by atoms with Crippen LogP contribution in [0.15, 0.2) is 60.7 Å². The summed E-state index contributed by atoms with van der Waals surface area (Å²) >= 11 is 7.54. The van der Waals surface area contributed by atoms with Crippen molar-refractivity contribution in [2.45, 2.75) is 0 Å². The third-order valence-corrected chi connectivity index (χ3v) is 5.62. The highest BCUT2D eigenvalue weighted by Gasteiger charge is 2.18. The Morgan fingerprint density at radius 1 is 1.09 bits per heavy atom. The van der Waals surface area contributed by atoms with Gasteiger partial charge < -0.3 is 19.9 Å². The number of rotatable bonds is 8. The number of fused-ring (bicyclic) bond motifs is 1. The second kappa shape index (κ2) is 9.76. The lowest BCUT2D eigenvalue weighted by Gasteiger charge is -2.13. The third-order valence-electron chi connectivity index (χ3n) is 4.41. The van der Waals surface area contributed by atoms with Crippen molar-refractivity contribution in [3.8, 4) is 23.0 Å². The number of para-hydroxylation sites is 1. The van der Waals surface area contributed by atoms with Crippen LogP contribution in [0, 0.1) is 0 Å². The number of carbonyl (C=O) groups is 2. The van der Waals surface area contributed by atoms with Crippen molar-refractivity contribution in [3.63, 3.8) is 0 Å². The number of carbonyl (C=O) groups excluding carboxylic acids is 2. The molecule has 4 rings (SSSR count). The molecule has 0 aliphatic rings. The van der Waals surface area contributed by atoms with Gasteiger partial charge in [0, 0.05) is 11.6 Å². The number of methoxy groups -OCH3 is 1. The Morgan fingerprint density at radius 3 is 2.61 bits per heavy atom. The first-order valence-corrected chi connectivity index (χ1v) is 10.9. The van der Waals surface area contributed by atoms with Crippen LogP contribution in [0.5, 0.6) is 23.0 Å². The Bertz CT molecular complexity index is 1330. The zero-order chi connectivity index (χ0) is 23.4. The van der Waals surface area contributed by atoms with Crippen molar-refractivity contribution in [1.29, 1.82) is 0 Å². The van der Waals surface area contributed by atoms with Crippen LogP contribution in [0.3, 0.4) is 0 Å². The number of halogens is 1. The van der Waals surface area contributed by atoms with Crippen molar-refractivity contribution in [2.75, 3.05) is 19.0 Å². The highest BCUT2D eigenvalue weighted by molar-refractivity contribution is 7.22. The number of amides is 2. The van der Waals surface area contributed by atoms with E-state index in [4.69, 9.17) is 31.5 Å². The van der Waals surface area contributed by atoms with Crippen molar-refractivity contribution < 1.29 is 23.8 Å². The number of nitrogens with two attached hydrogens (primary N) is 1. The molecule has 3 N–H and O–H groups in total. The average Bonchev–Trinajstić information content (AvgIpc) is 3.19. The SMILES string of the molecule is COc1cc(C(=O)Nc2nc3ccc(Oc4ccccc4)cc3s2)cc(Cl)c1OCC(N)=O. The van der Waals surface area contributed by atoms with E-state index in [1.165, 1.54) is 30.6 Å². The maximum Gasteiger partial charge on any atom is 0.257 e. The molecule has 0 saturated heterocycles. The molecule has 10 heteroatoms. The fourth-order valence-corrected chi connectivity index (χ4v) is 4.10. The van der Waals surface area contributed by atoms with Gasteiger partial charge in [-0.15, -0.1) is 0 Å². The van der Waals surface area contributed by atoms with E-state index in [1.807, 2.05) is 48.5 Å². The van der Waals surface area contributed by atoms with Crippen LogP contribution in [0.4, 0.5) is 5.13 Å². The average molecular weight is 484 g/mol. The summed E-state index contributed by atoms with van der Waals surface area (Å²) in [7, 11) is 1.40. The van der Waals surface area contributed by atoms with Gasteiger partial charge in [0.15, 0.2) is 23.2 Å². The second-order valence-electron chi connectivity index (χ2n) is 6.76. The zero-order valence-corrected chi connectivity index (χ0v) is 18.9. The fraction of sp³-hybridized carbons (Fsp3) is 0.0870. The van der Waals surface area contributed by atoms with E-state index in [2.05, 4.69) is 10.3 Å². The number of primary amides is 1.